The van der Waals surface area contributed by atoms with Gasteiger partial charge in [0, 0.05) is 12.1 Å². The number of hydrogen-bond acceptors (Lipinski definition) is 6. The van der Waals surface area contributed by atoms with E-state index in [1.165, 1.54) is 6.33 Å². The van der Waals surface area contributed by atoms with E-state index in [2.05, 4.69) is 32.3 Å². The summed E-state index contributed by atoms with van der Waals surface area (Å²) >= 11 is 0. The van der Waals surface area contributed by atoms with E-state index in [0.717, 1.165) is 13.1 Å². The van der Waals surface area contributed by atoms with Crippen LogP contribution in [0.25, 0.3) is 11.5 Å². The Labute approximate surface area is 98.5 Å². The van der Waals surface area contributed by atoms with Gasteiger partial charge in [-0.3, -0.25) is 0 Å². The van der Waals surface area contributed by atoms with E-state index in [1.54, 1.807) is 12.3 Å². The van der Waals surface area contributed by atoms with Gasteiger partial charge in [-0.05, 0) is 25.1 Å². The van der Waals surface area contributed by atoms with Crippen molar-refractivity contribution in [2.24, 2.45) is 5.92 Å². The van der Waals surface area contributed by atoms with Crippen LogP contribution < -0.4 is 5.32 Å². The maximum atomic E-state index is 5.29. The maximum absolute atomic E-state index is 5.29. The predicted octanol–water partition coefficient (Wildman–Crippen LogP) is 0.849. The summed E-state index contributed by atoms with van der Waals surface area (Å²) in [7, 11) is 0. The zero-order valence-corrected chi connectivity index (χ0v) is 9.50. The molecule has 6 nitrogen and oxygen atoms in total. The molecule has 0 saturated carbocycles. The summed E-state index contributed by atoms with van der Waals surface area (Å²) in [6, 6.07) is 1.77. The molecule has 88 valence electrons. The lowest BCUT2D eigenvalue weighted by Crippen LogP contribution is -2.44. The zero-order valence-electron chi connectivity index (χ0n) is 9.50. The van der Waals surface area contributed by atoms with Crippen LogP contribution in [0.15, 0.2) is 23.1 Å². The van der Waals surface area contributed by atoms with Crippen LogP contribution >= 0.6 is 0 Å². The molecule has 0 amide bonds. The monoisotopic (exact) mass is 231 g/mol. The number of nitrogens with one attached hydrogen (secondary N) is 1. The molecule has 0 radical (unpaired) electrons. The molecule has 1 fully saturated rings. The highest BCUT2D eigenvalue weighted by molar-refractivity contribution is 5.46. The molecule has 0 bridgehead atoms. The van der Waals surface area contributed by atoms with Crippen molar-refractivity contribution < 1.29 is 4.52 Å². The number of rotatable bonds is 3. The summed E-state index contributed by atoms with van der Waals surface area (Å²) in [4.78, 5) is 12.3. The second-order valence-electron chi connectivity index (χ2n) is 4.26. The molecule has 3 rings (SSSR count). The Hall–Kier alpha value is -1.82. The van der Waals surface area contributed by atoms with E-state index >= 15 is 0 Å². The van der Waals surface area contributed by atoms with Gasteiger partial charge in [0.15, 0.2) is 0 Å². The standard InChI is InChI=1S/C11H13N5O/c1-7(8-4-13-5-8)11-15-10(16-17-11)9-2-3-12-6-14-9/h2-3,6-8,13H,4-5H2,1H3. The smallest absolute Gasteiger partial charge is 0.230 e. The van der Waals surface area contributed by atoms with Gasteiger partial charge in [-0.25, -0.2) is 9.97 Å². The molecular formula is C11H13N5O. The van der Waals surface area contributed by atoms with Crippen molar-refractivity contribution in [1.29, 1.82) is 0 Å². The lowest BCUT2D eigenvalue weighted by atomic mass is 9.89. The van der Waals surface area contributed by atoms with Crippen LogP contribution in [0.3, 0.4) is 0 Å². The quantitative estimate of drug-likeness (QED) is 0.843. The molecule has 1 saturated heterocycles. The molecule has 1 unspecified atom stereocenters. The SMILES string of the molecule is CC(c1nc(-c2ccncn2)no1)C1CNC1. The van der Waals surface area contributed by atoms with Crippen LogP contribution in [0.4, 0.5) is 0 Å². The van der Waals surface area contributed by atoms with Crippen LogP contribution in [0, 0.1) is 5.92 Å². The predicted molar refractivity (Wildman–Crippen MR) is 60.1 cm³/mol. The summed E-state index contributed by atoms with van der Waals surface area (Å²) in [6.07, 6.45) is 3.14. The molecule has 2 aromatic heterocycles. The Morgan fingerprint density at radius 2 is 2.35 bits per heavy atom. The summed E-state index contributed by atoms with van der Waals surface area (Å²) in [5, 5.41) is 7.19. The minimum atomic E-state index is 0.291. The molecule has 1 aliphatic rings. The maximum Gasteiger partial charge on any atom is 0.230 e. The third-order valence-electron chi connectivity index (χ3n) is 3.16. The molecule has 1 atom stereocenters. The van der Waals surface area contributed by atoms with Crippen molar-refractivity contribution in [3.8, 4) is 11.5 Å². The third-order valence-corrected chi connectivity index (χ3v) is 3.16. The van der Waals surface area contributed by atoms with Crippen molar-refractivity contribution in [1.82, 2.24) is 25.4 Å². The van der Waals surface area contributed by atoms with Gasteiger partial charge in [0.25, 0.3) is 0 Å². The third kappa shape index (κ3) is 1.91. The summed E-state index contributed by atoms with van der Waals surface area (Å²) in [5.41, 5.74) is 0.689. The first-order valence-electron chi connectivity index (χ1n) is 5.65. The molecule has 2 aromatic rings. The highest BCUT2D eigenvalue weighted by Gasteiger charge is 2.28. The van der Waals surface area contributed by atoms with Gasteiger partial charge >= 0.3 is 0 Å². The van der Waals surface area contributed by atoms with E-state index in [1.807, 2.05) is 0 Å². The fraction of sp³-hybridized carbons (Fsp3) is 0.455. The Morgan fingerprint density at radius 1 is 1.47 bits per heavy atom. The normalized spacial score (nSPS) is 17.7. The van der Waals surface area contributed by atoms with Gasteiger partial charge in [0.2, 0.25) is 11.7 Å². The van der Waals surface area contributed by atoms with Crippen LogP contribution in [-0.4, -0.2) is 33.2 Å². The average Bonchev–Trinajstić information content (AvgIpc) is 2.77. The average molecular weight is 231 g/mol. The topological polar surface area (TPSA) is 76.7 Å². The van der Waals surface area contributed by atoms with Crippen molar-refractivity contribution in [3.05, 3.63) is 24.5 Å². The van der Waals surface area contributed by atoms with Crippen LogP contribution in [-0.2, 0) is 0 Å². The lowest BCUT2D eigenvalue weighted by Gasteiger charge is -2.30. The Kier molecular flexibility index (Phi) is 2.56. The highest BCUT2D eigenvalue weighted by atomic mass is 16.5. The van der Waals surface area contributed by atoms with Gasteiger partial charge in [-0.15, -0.1) is 0 Å². The van der Waals surface area contributed by atoms with Gasteiger partial charge < -0.3 is 9.84 Å². The number of hydrogen-bond donors (Lipinski definition) is 1. The van der Waals surface area contributed by atoms with Crippen molar-refractivity contribution in [3.63, 3.8) is 0 Å². The van der Waals surface area contributed by atoms with E-state index in [-0.39, 0.29) is 0 Å². The first-order valence-corrected chi connectivity index (χ1v) is 5.65. The molecule has 0 spiro atoms. The minimum Gasteiger partial charge on any atom is -0.339 e. The van der Waals surface area contributed by atoms with E-state index in [4.69, 9.17) is 4.52 Å². The van der Waals surface area contributed by atoms with Crippen LogP contribution in [0.5, 0.6) is 0 Å². The van der Waals surface area contributed by atoms with E-state index in [9.17, 15) is 0 Å². The minimum absolute atomic E-state index is 0.291. The van der Waals surface area contributed by atoms with Crippen LogP contribution in [0.2, 0.25) is 0 Å². The van der Waals surface area contributed by atoms with Crippen molar-refractivity contribution in [2.75, 3.05) is 13.1 Å². The molecule has 17 heavy (non-hydrogen) atoms. The van der Waals surface area contributed by atoms with E-state index < -0.39 is 0 Å². The second-order valence-corrected chi connectivity index (χ2v) is 4.26. The number of aromatic nitrogens is 4. The molecule has 0 aromatic carbocycles. The molecular weight excluding hydrogens is 218 g/mol. The van der Waals surface area contributed by atoms with Gasteiger partial charge in [0.1, 0.15) is 12.0 Å². The highest BCUT2D eigenvalue weighted by Crippen LogP contribution is 2.26. The molecule has 6 heteroatoms. The van der Waals surface area contributed by atoms with Crippen molar-refractivity contribution in [2.45, 2.75) is 12.8 Å². The Morgan fingerprint density at radius 3 is 3.00 bits per heavy atom. The van der Waals surface area contributed by atoms with Gasteiger partial charge in [-0.2, -0.15) is 4.98 Å². The first kappa shape index (κ1) is 10.3. The lowest BCUT2D eigenvalue weighted by molar-refractivity contribution is 0.252. The van der Waals surface area contributed by atoms with Crippen LogP contribution in [0.1, 0.15) is 18.7 Å². The van der Waals surface area contributed by atoms with Gasteiger partial charge in [0.05, 0.1) is 0 Å². The zero-order chi connectivity index (χ0) is 11.7. The molecule has 3 heterocycles. The molecule has 1 aliphatic heterocycles. The summed E-state index contributed by atoms with van der Waals surface area (Å²) in [5.74, 6) is 2.10. The fourth-order valence-corrected chi connectivity index (χ4v) is 1.81. The Balaban J connectivity index is 1.82. The Bertz CT molecular complexity index is 494. The number of nitrogens with zero attached hydrogens (tertiary/aromatic N) is 4. The molecule has 1 N–H and O–H groups in total. The van der Waals surface area contributed by atoms with E-state index in [0.29, 0.717) is 29.2 Å². The first-order chi connectivity index (χ1) is 8.34. The van der Waals surface area contributed by atoms with Crippen molar-refractivity contribution >= 4 is 0 Å². The summed E-state index contributed by atoms with van der Waals surface area (Å²) < 4.78 is 5.29. The largest absolute Gasteiger partial charge is 0.339 e. The summed E-state index contributed by atoms with van der Waals surface area (Å²) in [6.45, 7) is 4.15. The van der Waals surface area contributed by atoms with Gasteiger partial charge in [-0.1, -0.05) is 12.1 Å². The second kappa shape index (κ2) is 4.21. The molecule has 0 aliphatic carbocycles. The fourth-order valence-electron chi connectivity index (χ4n) is 1.81.